The molecule has 4 rings (SSSR count). The third-order valence-electron chi connectivity index (χ3n) is 4.76. The summed E-state index contributed by atoms with van der Waals surface area (Å²) in [5.74, 6) is 0.0216. The molecule has 2 saturated heterocycles. The molecule has 2 aliphatic rings. The number of aliphatic imine (C=N–C) groups is 1. The Morgan fingerprint density at radius 3 is 2.67 bits per heavy atom. The van der Waals surface area contributed by atoms with Crippen LogP contribution < -0.4 is 4.90 Å². The second-order valence-electron chi connectivity index (χ2n) is 6.96. The van der Waals surface area contributed by atoms with E-state index in [-0.39, 0.29) is 35.1 Å². The Morgan fingerprint density at radius 1 is 1.15 bits per heavy atom. The first-order valence-corrected chi connectivity index (χ1v) is 11.5. The van der Waals surface area contributed by atoms with Crippen molar-refractivity contribution in [2.24, 2.45) is 4.99 Å². The predicted octanol–water partition coefficient (Wildman–Crippen LogP) is 2.84. The summed E-state index contributed by atoms with van der Waals surface area (Å²) < 4.78 is 24.2. The van der Waals surface area contributed by atoms with Crippen LogP contribution in [0, 0.1) is 6.92 Å². The van der Waals surface area contributed by atoms with Gasteiger partial charge in [-0.2, -0.15) is 4.99 Å². The summed E-state index contributed by atoms with van der Waals surface area (Å²) in [7, 11) is -3.05. The molecule has 140 valence electrons. The quantitative estimate of drug-likeness (QED) is 0.793. The minimum atomic E-state index is -3.05. The Bertz CT molecular complexity index is 1000. The van der Waals surface area contributed by atoms with Crippen LogP contribution in [0.2, 0.25) is 0 Å². The maximum Gasteiger partial charge on any atom is 0.252 e. The first kappa shape index (κ1) is 18.3. The average Bonchev–Trinajstić information content (AvgIpc) is 3.06. The monoisotopic (exact) mass is 400 g/mol. The van der Waals surface area contributed by atoms with E-state index in [4.69, 9.17) is 0 Å². The third-order valence-corrected chi connectivity index (χ3v) is 7.97. The summed E-state index contributed by atoms with van der Waals surface area (Å²) in [5.41, 5.74) is 2.91. The molecule has 0 aromatic heterocycles. The maximum atomic E-state index is 12.6. The van der Waals surface area contributed by atoms with E-state index in [9.17, 15) is 13.2 Å². The van der Waals surface area contributed by atoms with Crippen molar-refractivity contribution < 1.29 is 13.2 Å². The number of amidine groups is 1. The Morgan fingerprint density at radius 2 is 1.93 bits per heavy atom. The van der Waals surface area contributed by atoms with Gasteiger partial charge in [-0.1, -0.05) is 59.8 Å². The molecule has 27 heavy (non-hydrogen) atoms. The van der Waals surface area contributed by atoms with E-state index in [1.54, 1.807) is 0 Å². The molecule has 1 amide bonds. The molecular formula is C20H20N2O3S2. The van der Waals surface area contributed by atoms with E-state index < -0.39 is 9.84 Å². The smallest absolute Gasteiger partial charge is 0.252 e. The third kappa shape index (κ3) is 3.94. The lowest BCUT2D eigenvalue weighted by molar-refractivity contribution is -0.117. The average molecular weight is 401 g/mol. The van der Waals surface area contributed by atoms with Gasteiger partial charge in [0.1, 0.15) is 0 Å². The van der Waals surface area contributed by atoms with Crippen LogP contribution in [0.1, 0.15) is 11.1 Å². The van der Waals surface area contributed by atoms with Crippen LogP contribution in [0.3, 0.4) is 0 Å². The molecule has 7 heteroatoms. The number of anilines is 1. The zero-order valence-corrected chi connectivity index (χ0v) is 16.5. The van der Waals surface area contributed by atoms with Gasteiger partial charge >= 0.3 is 0 Å². The van der Waals surface area contributed by atoms with Gasteiger partial charge in [-0.3, -0.25) is 4.79 Å². The first-order chi connectivity index (χ1) is 12.9. The lowest BCUT2D eigenvalue weighted by Crippen LogP contribution is -2.37. The molecule has 0 saturated carbocycles. The molecule has 5 nitrogen and oxygen atoms in total. The number of thioether (sulfide) groups is 1. The number of para-hydroxylation sites is 1. The van der Waals surface area contributed by atoms with E-state index in [2.05, 4.69) is 4.99 Å². The Hall–Kier alpha value is -2.12. The lowest BCUT2D eigenvalue weighted by Gasteiger charge is -2.24. The van der Waals surface area contributed by atoms with Crippen molar-refractivity contribution in [1.29, 1.82) is 0 Å². The van der Waals surface area contributed by atoms with Gasteiger partial charge in [0.2, 0.25) is 0 Å². The molecule has 0 aliphatic carbocycles. The number of aryl methyl sites for hydroxylation is 1. The van der Waals surface area contributed by atoms with Crippen molar-refractivity contribution in [1.82, 2.24) is 0 Å². The molecule has 2 atom stereocenters. The van der Waals surface area contributed by atoms with Crippen LogP contribution >= 0.6 is 11.8 Å². The standard InChI is InChI=1S/C20H20N2O3S2/c1-14-6-5-7-15(10-14)11-19(23)21-20-22(16-8-3-2-4-9-16)17-12-27(24,25)13-18(17)26-20/h2-10,17-18H,11-13H2,1H3. The number of rotatable bonds is 3. The highest BCUT2D eigenvalue weighted by molar-refractivity contribution is 8.16. The van der Waals surface area contributed by atoms with Gasteiger partial charge < -0.3 is 4.90 Å². The van der Waals surface area contributed by atoms with E-state index >= 15 is 0 Å². The first-order valence-electron chi connectivity index (χ1n) is 8.80. The molecule has 0 N–H and O–H groups in total. The van der Waals surface area contributed by atoms with Crippen molar-refractivity contribution >= 4 is 38.4 Å². The molecular weight excluding hydrogens is 380 g/mol. The Balaban J connectivity index is 1.62. The highest BCUT2D eigenvalue weighted by Crippen LogP contribution is 2.40. The van der Waals surface area contributed by atoms with Gasteiger partial charge in [-0.05, 0) is 24.6 Å². The van der Waals surface area contributed by atoms with Crippen molar-refractivity contribution in [3.05, 3.63) is 65.7 Å². The molecule has 2 unspecified atom stereocenters. The number of amides is 1. The Kier molecular flexibility index (Phi) is 4.82. The lowest BCUT2D eigenvalue weighted by atomic mass is 10.1. The number of sulfone groups is 1. The highest BCUT2D eigenvalue weighted by Gasteiger charge is 2.49. The van der Waals surface area contributed by atoms with E-state index in [0.29, 0.717) is 5.17 Å². The summed E-state index contributed by atoms with van der Waals surface area (Å²) in [5, 5.41) is 0.518. The van der Waals surface area contributed by atoms with Gasteiger partial charge in [0.05, 0.1) is 24.0 Å². The fraction of sp³-hybridized carbons (Fsp3) is 0.300. The fourth-order valence-corrected chi connectivity index (χ4v) is 7.53. The normalized spacial score (nSPS) is 24.9. The molecule has 2 aromatic carbocycles. The maximum absolute atomic E-state index is 12.6. The minimum absolute atomic E-state index is 0.0827. The van der Waals surface area contributed by atoms with Gasteiger partial charge in [0.15, 0.2) is 15.0 Å². The molecule has 2 fully saturated rings. The van der Waals surface area contributed by atoms with Crippen LogP contribution in [0.25, 0.3) is 0 Å². The molecule has 0 bridgehead atoms. The number of nitrogens with zero attached hydrogens (tertiary/aromatic N) is 2. The topological polar surface area (TPSA) is 66.8 Å². The van der Waals surface area contributed by atoms with E-state index in [1.165, 1.54) is 11.8 Å². The number of carbonyl (C=O) groups is 1. The largest absolute Gasteiger partial charge is 0.316 e. The van der Waals surface area contributed by atoms with Crippen LogP contribution in [0.5, 0.6) is 0 Å². The fourth-order valence-electron chi connectivity index (χ4n) is 3.60. The SMILES string of the molecule is Cc1cccc(CC(=O)N=C2SC3CS(=O)(=O)CC3N2c2ccccc2)c1. The number of carbonyl (C=O) groups excluding carboxylic acids is 1. The zero-order valence-electron chi connectivity index (χ0n) is 14.9. The van der Waals surface area contributed by atoms with Crippen LogP contribution in [-0.2, 0) is 21.1 Å². The zero-order chi connectivity index (χ0) is 19.0. The summed E-state index contributed by atoms with van der Waals surface area (Å²) in [6, 6.07) is 17.2. The number of hydrogen-bond donors (Lipinski definition) is 0. The number of benzene rings is 2. The molecule has 2 heterocycles. The van der Waals surface area contributed by atoms with Crippen molar-refractivity contribution in [3.8, 4) is 0 Å². The van der Waals surface area contributed by atoms with Crippen LogP contribution in [0.15, 0.2) is 59.6 Å². The van der Waals surface area contributed by atoms with Crippen LogP contribution in [0.4, 0.5) is 5.69 Å². The molecule has 2 aliphatic heterocycles. The van der Waals surface area contributed by atoms with E-state index in [1.807, 2.05) is 66.4 Å². The van der Waals surface area contributed by atoms with Crippen LogP contribution in [-0.4, -0.2) is 42.3 Å². The molecule has 0 radical (unpaired) electrons. The number of hydrogen-bond acceptors (Lipinski definition) is 4. The second-order valence-corrected chi connectivity index (χ2v) is 10.3. The predicted molar refractivity (Wildman–Crippen MR) is 110 cm³/mol. The summed E-state index contributed by atoms with van der Waals surface area (Å²) in [4.78, 5) is 18.8. The van der Waals surface area contributed by atoms with Gasteiger partial charge in [-0.15, -0.1) is 0 Å². The van der Waals surface area contributed by atoms with Gasteiger partial charge in [-0.25, -0.2) is 8.42 Å². The van der Waals surface area contributed by atoms with Crippen molar-refractivity contribution in [2.75, 3.05) is 16.4 Å². The van der Waals surface area contributed by atoms with Crippen molar-refractivity contribution in [2.45, 2.75) is 24.6 Å². The summed E-state index contributed by atoms with van der Waals surface area (Å²) >= 11 is 1.40. The van der Waals surface area contributed by atoms with E-state index in [0.717, 1.165) is 16.8 Å². The van der Waals surface area contributed by atoms with Gasteiger partial charge in [0, 0.05) is 10.9 Å². The second kappa shape index (κ2) is 7.13. The minimum Gasteiger partial charge on any atom is -0.316 e. The summed E-state index contributed by atoms with van der Waals surface area (Å²) in [6.07, 6.45) is 0.238. The molecule has 2 aromatic rings. The van der Waals surface area contributed by atoms with Gasteiger partial charge in [0.25, 0.3) is 5.91 Å². The van der Waals surface area contributed by atoms with Crippen molar-refractivity contribution in [3.63, 3.8) is 0 Å². The Labute approximate surface area is 163 Å². The summed E-state index contributed by atoms with van der Waals surface area (Å²) in [6.45, 7) is 1.99. The highest BCUT2D eigenvalue weighted by atomic mass is 32.2. The molecule has 0 spiro atoms. The number of fused-ring (bicyclic) bond motifs is 1.